The minimum atomic E-state index is -0.283. The number of halogens is 1. The molecule has 3 heteroatoms. The summed E-state index contributed by atoms with van der Waals surface area (Å²) in [5.74, 6) is 0.940. The van der Waals surface area contributed by atoms with Crippen LogP contribution in [-0.4, -0.2) is 0 Å². The second kappa shape index (κ2) is 5.74. The highest BCUT2D eigenvalue weighted by atomic mass is 35.5. The fraction of sp³-hybridized carbons (Fsp3) is 0.167. The highest BCUT2D eigenvalue weighted by Crippen LogP contribution is 2.21. The third kappa shape index (κ3) is 2.72. The summed E-state index contributed by atoms with van der Waals surface area (Å²) >= 11 is 5.89. The summed E-state index contributed by atoms with van der Waals surface area (Å²) in [4.78, 5) is 12.0. The van der Waals surface area contributed by atoms with E-state index in [9.17, 15) is 4.79 Å². The Morgan fingerprint density at radius 3 is 2.57 bits per heavy atom. The number of rotatable bonds is 3. The first-order valence-corrected chi connectivity index (χ1v) is 7.37. The molecule has 1 aromatic heterocycles. The minimum Gasteiger partial charge on any atom is -0.428 e. The zero-order chi connectivity index (χ0) is 14.8. The van der Waals surface area contributed by atoms with Gasteiger partial charge in [0.25, 0.3) is 0 Å². The van der Waals surface area contributed by atoms with E-state index in [-0.39, 0.29) is 5.63 Å². The van der Waals surface area contributed by atoms with Crippen molar-refractivity contribution >= 4 is 22.4 Å². The Balaban J connectivity index is 2.09. The highest BCUT2D eigenvalue weighted by Gasteiger charge is 2.10. The number of hydrogen-bond acceptors (Lipinski definition) is 2. The van der Waals surface area contributed by atoms with Gasteiger partial charge < -0.3 is 4.42 Å². The van der Waals surface area contributed by atoms with E-state index >= 15 is 0 Å². The van der Waals surface area contributed by atoms with Gasteiger partial charge in [-0.1, -0.05) is 42.5 Å². The lowest BCUT2D eigenvalue weighted by Gasteiger charge is -2.08. The zero-order valence-electron chi connectivity index (χ0n) is 11.7. The first kappa shape index (κ1) is 13.9. The van der Waals surface area contributed by atoms with Gasteiger partial charge in [-0.3, -0.25) is 0 Å². The maximum atomic E-state index is 12.0. The first-order chi connectivity index (χ1) is 10.2. The monoisotopic (exact) mass is 298 g/mol. The average Bonchev–Trinajstić information content (AvgIpc) is 2.50. The van der Waals surface area contributed by atoms with Gasteiger partial charge in [0.05, 0.1) is 5.88 Å². The summed E-state index contributed by atoms with van der Waals surface area (Å²) < 4.78 is 5.27. The molecule has 0 N–H and O–H groups in total. The van der Waals surface area contributed by atoms with Crippen LogP contribution in [-0.2, 0) is 12.3 Å². The van der Waals surface area contributed by atoms with Gasteiger partial charge in [0.15, 0.2) is 0 Å². The van der Waals surface area contributed by atoms with Crippen LogP contribution in [0, 0.1) is 6.92 Å². The van der Waals surface area contributed by atoms with Crippen molar-refractivity contribution in [2.75, 3.05) is 0 Å². The molecule has 2 aromatic carbocycles. The molecule has 0 amide bonds. The molecule has 0 spiro atoms. The molecule has 3 rings (SSSR count). The van der Waals surface area contributed by atoms with Crippen molar-refractivity contribution in [3.63, 3.8) is 0 Å². The Kier molecular flexibility index (Phi) is 3.80. The van der Waals surface area contributed by atoms with E-state index in [2.05, 4.69) is 18.2 Å². The van der Waals surface area contributed by atoms with Gasteiger partial charge >= 0.3 is 5.63 Å². The van der Waals surface area contributed by atoms with E-state index in [1.54, 1.807) is 6.92 Å². The third-order valence-corrected chi connectivity index (χ3v) is 4.00. The summed E-state index contributed by atoms with van der Waals surface area (Å²) in [7, 11) is 0. The summed E-state index contributed by atoms with van der Waals surface area (Å²) in [6.07, 6.45) is 0.549. The molecule has 0 aliphatic heterocycles. The summed E-state index contributed by atoms with van der Waals surface area (Å²) in [5.41, 5.74) is 2.35. The number of fused-ring (bicyclic) bond motifs is 1. The van der Waals surface area contributed by atoms with E-state index in [0.717, 1.165) is 16.5 Å². The predicted molar refractivity (Wildman–Crippen MR) is 86.0 cm³/mol. The summed E-state index contributed by atoms with van der Waals surface area (Å²) in [5, 5.41) is 2.33. The Morgan fingerprint density at radius 1 is 1.00 bits per heavy atom. The smallest absolute Gasteiger partial charge is 0.339 e. The topological polar surface area (TPSA) is 30.2 Å². The van der Waals surface area contributed by atoms with Crippen LogP contribution < -0.4 is 5.63 Å². The summed E-state index contributed by atoms with van der Waals surface area (Å²) in [6.45, 7) is 1.76. The maximum Gasteiger partial charge on any atom is 0.339 e. The van der Waals surface area contributed by atoms with Crippen LogP contribution >= 0.6 is 11.6 Å². The molecule has 0 bridgehead atoms. The van der Waals surface area contributed by atoms with Crippen LogP contribution in [0.5, 0.6) is 0 Å². The van der Waals surface area contributed by atoms with Crippen LogP contribution in [0.15, 0.2) is 57.7 Å². The van der Waals surface area contributed by atoms with Crippen molar-refractivity contribution in [3.8, 4) is 0 Å². The first-order valence-electron chi connectivity index (χ1n) is 6.84. The lowest BCUT2D eigenvalue weighted by molar-refractivity contribution is 0.468. The van der Waals surface area contributed by atoms with Gasteiger partial charge in [0, 0.05) is 17.5 Å². The molecule has 0 radical (unpaired) electrons. The van der Waals surface area contributed by atoms with Crippen LogP contribution in [0.25, 0.3) is 10.8 Å². The number of benzene rings is 2. The summed E-state index contributed by atoms with van der Waals surface area (Å²) in [6, 6.07) is 16.1. The Labute approximate surface area is 128 Å². The fourth-order valence-electron chi connectivity index (χ4n) is 2.55. The van der Waals surface area contributed by atoms with Crippen molar-refractivity contribution in [2.24, 2.45) is 0 Å². The maximum absolute atomic E-state index is 12.0. The second-order valence-corrected chi connectivity index (χ2v) is 5.36. The standard InChI is InChI=1S/C18H15ClO2/c1-12-16(11-19)10-15(18(20)21-12)9-14-7-4-6-13-5-2-3-8-17(13)14/h2-8,10H,9,11H2,1H3. The number of aryl methyl sites for hydroxylation is 1. The third-order valence-electron chi connectivity index (χ3n) is 3.71. The number of alkyl halides is 1. The Hall–Kier alpha value is -2.06. The molecule has 21 heavy (non-hydrogen) atoms. The Morgan fingerprint density at radius 2 is 1.76 bits per heavy atom. The van der Waals surface area contributed by atoms with Crippen molar-refractivity contribution in [1.82, 2.24) is 0 Å². The Bertz CT molecular complexity index is 844. The molecule has 0 saturated heterocycles. The average molecular weight is 299 g/mol. The molecular weight excluding hydrogens is 284 g/mol. The molecule has 0 aliphatic rings. The lowest BCUT2D eigenvalue weighted by Crippen LogP contribution is -2.10. The van der Waals surface area contributed by atoms with Crippen molar-refractivity contribution in [2.45, 2.75) is 19.2 Å². The van der Waals surface area contributed by atoms with Gasteiger partial charge in [-0.15, -0.1) is 11.6 Å². The lowest BCUT2D eigenvalue weighted by atomic mass is 9.99. The molecule has 0 atom stereocenters. The molecular formula is C18H15ClO2. The van der Waals surface area contributed by atoms with E-state index < -0.39 is 0 Å². The van der Waals surface area contributed by atoms with E-state index in [1.807, 2.05) is 30.3 Å². The van der Waals surface area contributed by atoms with E-state index in [0.29, 0.717) is 23.6 Å². The molecule has 0 unspecified atom stereocenters. The van der Waals surface area contributed by atoms with E-state index in [4.69, 9.17) is 16.0 Å². The van der Waals surface area contributed by atoms with E-state index in [1.165, 1.54) is 5.39 Å². The van der Waals surface area contributed by atoms with Gasteiger partial charge in [0.1, 0.15) is 5.76 Å². The molecule has 1 heterocycles. The minimum absolute atomic E-state index is 0.283. The van der Waals surface area contributed by atoms with Crippen LogP contribution in [0.2, 0.25) is 0 Å². The van der Waals surface area contributed by atoms with Crippen molar-refractivity contribution in [1.29, 1.82) is 0 Å². The van der Waals surface area contributed by atoms with Gasteiger partial charge in [0.2, 0.25) is 0 Å². The van der Waals surface area contributed by atoms with Gasteiger partial charge in [-0.2, -0.15) is 0 Å². The molecule has 0 fully saturated rings. The second-order valence-electron chi connectivity index (χ2n) is 5.09. The molecule has 0 aliphatic carbocycles. The predicted octanol–water partition coefficient (Wildman–Crippen LogP) is 4.43. The van der Waals surface area contributed by atoms with Crippen LogP contribution in [0.3, 0.4) is 0 Å². The van der Waals surface area contributed by atoms with Gasteiger partial charge in [-0.05, 0) is 29.3 Å². The SMILES string of the molecule is Cc1oc(=O)c(Cc2cccc3ccccc23)cc1CCl. The van der Waals surface area contributed by atoms with Crippen molar-refractivity contribution in [3.05, 3.63) is 81.4 Å². The quantitative estimate of drug-likeness (QED) is 0.670. The highest BCUT2D eigenvalue weighted by molar-refractivity contribution is 6.17. The van der Waals surface area contributed by atoms with Crippen LogP contribution in [0.4, 0.5) is 0 Å². The van der Waals surface area contributed by atoms with Crippen molar-refractivity contribution < 1.29 is 4.42 Å². The van der Waals surface area contributed by atoms with Crippen LogP contribution in [0.1, 0.15) is 22.5 Å². The molecule has 3 aromatic rings. The molecule has 2 nitrogen and oxygen atoms in total. The number of hydrogen-bond donors (Lipinski definition) is 0. The normalized spacial score (nSPS) is 11.0. The molecule has 0 saturated carbocycles. The largest absolute Gasteiger partial charge is 0.428 e. The molecule has 106 valence electrons. The van der Waals surface area contributed by atoms with Gasteiger partial charge in [-0.25, -0.2) is 4.79 Å². The fourth-order valence-corrected chi connectivity index (χ4v) is 2.81. The zero-order valence-corrected chi connectivity index (χ0v) is 12.5.